The number of nitrogens with zero attached hydrogens (tertiary/aromatic N) is 1. The molecule has 2 rings (SSSR count). The van der Waals surface area contributed by atoms with Gasteiger partial charge < -0.3 is 5.73 Å². The Kier molecular flexibility index (Phi) is 5.71. The van der Waals surface area contributed by atoms with Gasteiger partial charge in [-0.3, -0.25) is 0 Å². The molecule has 21 heavy (non-hydrogen) atoms. The molecule has 1 aliphatic rings. The molecule has 0 aliphatic heterocycles. The van der Waals surface area contributed by atoms with Crippen LogP contribution in [0, 0.1) is 0 Å². The number of rotatable bonds is 4. The van der Waals surface area contributed by atoms with E-state index in [9.17, 15) is 8.42 Å². The summed E-state index contributed by atoms with van der Waals surface area (Å²) in [5, 5.41) is 0.246. The molecular weight excluding hydrogens is 376 g/mol. The van der Waals surface area contributed by atoms with Crippen LogP contribution in [0.1, 0.15) is 32.6 Å². The third-order valence-electron chi connectivity index (χ3n) is 3.94. The molecule has 1 aromatic rings. The Labute approximate surface area is 139 Å². The van der Waals surface area contributed by atoms with Gasteiger partial charge in [0.15, 0.2) is 0 Å². The van der Waals surface area contributed by atoms with E-state index in [0.717, 1.165) is 30.2 Å². The topological polar surface area (TPSA) is 63.4 Å². The summed E-state index contributed by atoms with van der Waals surface area (Å²) in [6.07, 6.45) is 3.35. The first-order chi connectivity index (χ1) is 9.86. The van der Waals surface area contributed by atoms with Gasteiger partial charge in [0.2, 0.25) is 10.0 Å². The lowest BCUT2D eigenvalue weighted by molar-refractivity contribution is 0.247. The van der Waals surface area contributed by atoms with Gasteiger partial charge in [0.05, 0.1) is 5.02 Å². The molecule has 0 aromatic heterocycles. The Balaban J connectivity index is 2.31. The van der Waals surface area contributed by atoms with E-state index in [1.54, 1.807) is 22.5 Å². The molecule has 1 fully saturated rings. The van der Waals surface area contributed by atoms with Gasteiger partial charge in [0.25, 0.3) is 0 Å². The van der Waals surface area contributed by atoms with Crippen LogP contribution < -0.4 is 5.73 Å². The maximum atomic E-state index is 12.9. The first kappa shape index (κ1) is 17.2. The monoisotopic (exact) mass is 394 g/mol. The Bertz CT molecular complexity index is 601. The summed E-state index contributed by atoms with van der Waals surface area (Å²) in [5.74, 6) is 0. The summed E-state index contributed by atoms with van der Waals surface area (Å²) in [6, 6.07) is 5.07. The summed E-state index contributed by atoms with van der Waals surface area (Å²) in [5.41, 5.74) is 5.91. The third-order valence-corrected chi connectivity index (χ3v) is 6.94. The number of benzene rings is 1. The molecule has 0 saturated heterocycles. The molecule has 0 unspecified atom stereocenters. The van der Waals surface area contributed by atoms with Gasteiger partial charge >= 0.3 is 0 Å². The molecule has 0 radical (unpaired) electrons. The molecule has 0 amide bonds. The maximum Gasteiger partial charge on any atom is 0.244 e. The van der Waals surface area contributed by atoms with Crippen LogP contribution in [0.5, 0.6) is 0 Å². The lowest BCUT2D eigenvalue weighted by Gasteiger charge is -2.34. The minimum Gasteiger partial charge on any atom is -0.328 e. The van der Waals surface area contributed by atoms with Crippen molar-refractivity contribution >= 4 is 37.6 Å². The molecule has 2 N–H and O–H groups in total. The summed E-state index contributed by atoms with van der Waals surface area (Å²) in [4.78, 5) is 0.170. The molecule has 0 atom stereocenters. The summed E-state index contributed by atoms with van der Waals surface area (Å²) < 4.78 is 28.1. The number of nitrogens with two attached hydrogens (primary N) is 1. The fraction of sp³-hybridized carbons (Fsp3) is 0.571. The van der Waals surface area contributed by atoms with Gasteiger partial charge in [-0.25, -0.2) is 8.42 Å². The molecular formula is C14H20BrClN2O2S. The molecule has 0 bridgehead atoms. The van der Waals surface area contributed by atoms with E-state index < -0.39 is 10.0 Å². The van der Waals surface area contributed by atoms with Crippen LogP contribution in [0.3, 0.4) is 0 Å². The first-order valence-corrected chi connectivity index (χ1v) is 9.69. The second-order valence-electron chi connectivity index (χ2n) is 5.35. The van der Waals surface area contributed by atoms with Crippen LogP contribution in [-0.4, -0.2) is 31.4 Å². The van der Waals surface area contributed by atoms with Gasteiger partial charge in [-0.15, -0.1) is 0 Å². The number of sulfonamides is 1. The van der Waals surface area contributed by atoms with Crippen molar-refractivity contribution in [1.29, 1.82) is 0 Å². The van der Waals surface area contributed by atoms with Crippen molar-refractivity contribution in [2.24, 2.45) is 5.73 Å². The van der Waals surface area contributed by atoms with Crippen molar-refractivity contribution < 1.29 is 8.42 Å². The van der Waals surface area contributed by atoms with E-state index in [1.807, 2.05) is 6.92 Å². The van der Waals surface area contributed by atoms with Gasteiger partial charge in [0.1, 0.15) is 4.90 Å². The van der Waals surface area contributed by atoms with E-state index in [0.29, 0.717) is 6.54 Å². The predicted molar refractivity (Wildman–Crippen MR) is 88.9 cm³/mol. The Morgan fingerprint density at radius 1 is 1.33 bits per heavy atom. The Hall–Kier alpha value is -0.140. The van der Waals surface area contributed by atoms with E-state index in [4.69, 9.17) is 17.3 Å². The number of hydrogen-bond acceptors (Lipinski definition) is 3. The quantitative estimate of drug-likeness (QED) is 0.850. The zero-order valence-electron chi connectivity index (χ0n) is 11.9. The van der Waals surface area contributed by atoms with Crippen LogP contribution in [0.15, 0.2) is 27.6 Å². The van der Waals surface area contributed by atoms with Crippen LogP contribution in [0.25, 0.3) is 0 Å². The Morgan fingerprint density at radius 2 is 1.95 bits per heavy atom. The van der Waals surface area contributed by atoms with Gasteiger partial charge in [0, 0.05) is 23.1 Å². The van der Waals surface area contributed by atoms with Crippen molar-refractivity contribution in [2.75, 3.05) is 6.54 Å². The van der Waals surface area contributed by atoms with E-state index in [1.165, 1.54) is 0 Å². The molecule has 0 spiro atoms. The Morgan fingerprint density at radius 3 is 2.48 bits per heavy atom. The van der Waals surface area contributed by atoms with Crippen molar-refractivity contribution in [1.82, 2.24) is 4.31 Å². The largest absolute Gasteiger partial charge is 0.328 e. The van der Waals surface area contributed by atoms with Crippen LogP contribution in [-0.2, 0) is 10.0 Å². The molecule has 1 aromatic carbocycles. The van der Waals surface area contributed by atoms with Crippen molar-refractivity contribution in [3.63, 3.8) is 0 Å². The first-order valence-electron chi connectivity index (χ1n) is 7.08. The van der Waals surface area contributed by atoms with Crippen LogP contribution in [0.2, 0.25) is 5.02 Å². The zero-order valence-corrected chi connectivity index (χ0v) is 15.1. The molecule has 118 valence electrons. The average molecular weight is 396 g/mol. The fourth-order valence-corrected chi connectivity index (χ4v) is 5.53. The second-order valence-corrected chi connectivity index (χ2v) is 8.53. The highest BCUT2D eigenvalue weighted by molar-refractivity contribution is 9.10. The average Bonchev–Trinajstić information content (AvgIpc) is 2.41. The molecule has 4 nitrogen and oxygen atoms in total. The smallest absolute Gasteiger partial charge is 0.244 e. The highest BCUT2D eigenvalue weighted by Crippen LogP contribution is 2.31. The van der Waals surface area contributed by atoms with Gasteiger partial charge in [-0.2, -0.15) is 4.31 Å². The van der Waals surface area contributed by atoms with Crippen LogP contribution in [0.4, 0.5) is 0 Å². The minimum atomic E-state index is -3.58. The number of hydrogen-bond donors (Lipinski definition) is 1. The standard InChI is InChI=1S/C14H20BrClN2O2S/c1-2-18(12-6-4-11(17)5-7-12)21(19,20)14-8-3-10(15)9-13(14)16/h3,8-9,11-12H,2,4-7,17H2,1H3. The summed E-state index contributed by atoms with van der Waals surface area (Å²) >= 11 is 9.41. The summed E-state index contributed by atoms with van der Waals surface area (Å²) in [6.45, 7) is 2.30. The molecule has 7 heteroatoms. The van der Waals surface area contributed by atoms with E-state index in [-0.39, 0.29) is 22.0 Å². The fourth-order valence-electron chi connectivity index (χ4n) is 2.82. The number of halogens is 2. The van der Waals surface area contributed by atoms with Gasteiger partial charge in [-0.1, -0.05) is 34.5 Å². The molecule has 0 heterocycles. The second kappa shape index (κ2) is 6.96. The zero-order chi connectivity index (χ0) is 15.6. The lowest BCUT2D eigenvalue weighted by Crippen LogP contribution is -2.44. The highest BCUT2D eigenvalue weighted by Gasteiger charge is 2.33. The normalized spacial score (nSPS) is 23.5. The maximum absolute atomic E-state index is 12.9. The van der Waals surface area contributed by atoms with Crippen molar-refractivity contribution in [2.45, 2.75) is 49.6 Å². The molecule has 1 aliphatic carbocycles. The van der Waals surface area contributed by atoms with Crippen LogP contribution >= 0.6 is 27.5 Å². The van der Waals surface area contributed by atoms with Crippen molar-refractivity contribution in [3.05, 3.63) is 27.7 Å². The van der Waals surface area contributed by atoms with Crippen molar-refractivity contribution in [3.8, 4) is 0 Å². The van der Waals surface area contributed by atoms with E-state index >= 15 is 0 Å². The third kappa shape index (κ3) is 3.79. The predicted octanol–water partition coefficient (Wildman–Crippen LogP) is 3.38. The molecule has 1 saturated carbocycles. The van der Waals surface area contributed by atoms with Gasteiger partial charge in [-0.05, 0) is 43.9 Å². The highest BCUT2D eigenvalue weighted by atomic mass is 79.9. The lowest BCUT2D eigenvalue weighted by atomic mass is 9.92. The summed E-state index contributed by atoms with van der Waals surface area (Å²) in [7, 11) is -3.58. The minimum absolute atomic E-state index is 0.0134. The van der Waals surface area contributed by atoms with E-state index in [2.05, 4.69) is 15.9 Å². The SMILES string of the molecule is CCN(C1CCC(N)CC1)S(=O)(=O)c1ccc(Br)cc1Cl.